The van der Waals surface area contributed by atoms with Gasteiger partial charge in [0.25, 0.3) is 0 Å². The van der Waals surface area contributed by atoms with Crippen molar-refractivity contribution in [2.75, 3.05) is 13.1 Å². The van der Waals surface area contributed by atoms with E-state index in [9.17, 15) is 19.1 Å². The molecule has 0 saturated heterocycles. The quantitative estimate of drug-likeness (QED) is 0.594. The topological polar surface area (TPSA) is 81.7 Å². The minimum absolute atomic E-state index is 0. The van der Waals surface area contributed by atoms with Crippen molar-refractivity contribution in [1.82, 2.24) is 10.2 Å². The summed E-state index contributed by atoms with van der Waals surface area (Å²) in [6.45, 7) is 0.172. The summed E-state index contributed by atoms with van der Waals surface area (Å²) >= 11 is 0. The number of carbonyl (C=O) groups is 2. The molecule has 1 aliphatic heterocycles. The Bertz CT molecular complexity index is 801. The first-order valence-corrected chi connectivity index (χ1v) is 8.19. The fraction of sp³-hybridized carbons (Fsp3) is 0.263. The average Bonchev–Trinajstić information content (AvgIpc) is 3.04. The molecule has 0 fully saturated rings. The predicted molar refractivity (Wildman–Crippen MR) is 89.2 cm³/mol. The normalized spacial score (nSPS) is 14.8. The third-order valence-electron chi connectivity index (χ3n) is 4.17. The number of carboxylic acids is 1. The van der Waals surface area contributed by atoms with Crippen molar-refractivity contribution in [3.05, 3.63) is 71.0 Å². The Morgan fingerprint density at radius 3 is 2.59 bits per heavy atom. The van der Waals surface area contributed by atoms with Crippen LogP contribution in [0.4, 0.5) is 9.18 Å². The van der Waals surface area contributed by atoms with Gasteiger partial charge in [0.05, 0.1) is 19.1 Å². The van der Waals surface area contributed by atoms with Crippen molar-refractivity contribution in [1.29, 1.82) is 0 Å². The van der Waals surface area contributed by atoms with Gasteiger partial charge in [-0.15, -0.1) is 0 Å². The molecule has 0 spiro atoms. The van der Waals surface area contributed by atoms with E-state index in [1.54, 1.807) is 0 Å². The van der Waals surface area contributed by atoms with E-state index >= 15 is 0 Å². The van der Waals surface area contributed by atoms with Crippen molar-refractivity contribution in [2.45, 2.75) is 19.3 Å². The number of benzene rings is 2. The Labute approximate surface area is 199 Å². The molecular weight excluding hydrogens is 378 g/mol. The number of carboxylic acid groups (broad SMARTS) is 1. The van der Waals surface area contributed by atoms with Gasteiger partial charge in [-0.2, -0.15) is 0 Å². The molecule has 0 aliphatic carbocycles. The Kier molecular flexibility index (Phi) is 8.40. The van der Waals surface area contributed by atoms with Crippen LogP contribution in [0.1, 0.15) is 22.8 Å². The maximum atomic E-state index is 13.0. The van der Waals surface area contributed by atoms with Crippen LogP contribution in [-0.4, -0.2) is 30.0 Å². The molecule has 0 aromatic heterocycles. The number of amides is 2. The maximum Gasteiger partial charge on any atom is 1.00 e. The van der Waals surface area contributed by atoms with Gasteiger partial charge >= 0.3 is 57.4 Å². The van der Waals surface area contributed by atoms with E-state index in [-0.39, 0.29) is 70.6 Å². The second-order valence-electron chi connectivity index (χ2n) is 6.04. The van der Waals surface area contributed by atoms with Crippen LogP contribution in [0.15, 0.2) is 48.5 Å². The van der Waals surface area contributed by atoms with Crippen molar-refractivity contribution >= 4 is 12.0 Å². The Morgan fingerprint density at radius 2 is 1.89 bits per heavy atom. The zero-order chi connectivity index (χ0) is 18.5. The molecule has 2 amide bonds. The molecule has 2 aromatic carbocycles. The first-order chi connectivity index (χ1) is 12.5. The van der Waals surface area contributed by atoms with Gasteiger partial charge < -0.3 is 24.9 Å². The van der Waals surface area contributed by atoms with Crippen molar-refractivity contribution in [3.63, 3.8) is 0 Å². The average molecular weight is 396 g/mol. The van der Waals surface area contributed by atoms with Gasteiger partial charge in [0.1, 0.15) is 11.9 Å². The second-order valence-corrected chi connectivity index (χ2v) is 6.04. The summed E-state index contributed by atoms with van der Waals surface area (Å²) in [4.78, 5) is 24.5. The third-order valence-corrected chi connectivity index (χ3v) is 4.17. The monoisotopic (exact) mass is 396 g/mol. The van der Waals surface area contributed by atoms with Gasteiger partial charge in [-0.25, -0.2) is 9.18 Å². The number of aliphatic carboxylic acids is 1. The van der Waals surface area contributed by atoms with Gasteiger partial charge in [0.2, 0.25) is 0 Å². The minimum atomic E-state index is -1.37. The molecule has 3 rings (SSSR count). The summed E-state index contributed by atoms with van der Waals surface area (Å²) in [6.07, 6.45) is -0.272. The van der Waals surface area contributed by atoms with E-state index in [1.807, 2.05) is 24.3 Å². The number of hydrogen-bond acceptors (Lipinski definition) is 4. The van der Waals surface area contributed by atoms with E-state index in [1.165, 1.54) is 24.3 Å². The van der Waals surface area contributed by atoms with Gasteiger partial charge in [-0.1, -0.05) is 36.4 Å². The number of halogens is 1. The number of nitrogens with zero attached hydrogens (tertiary/aromatic N) is 1. The first-order valence-electron chi connectivity index (χ1n) is 8.19. The summed E-state index contributed by atoms with van der Waals surface area (Å²) in [5.41, 5.74) is 2.70. The predicted octanol–water partition coefficient (Wildman–Crippen LogP) is -1.64. The molecule has 1 N–H and O–H groups in total. The Morgan fingerprint density at radius 1 is 1.19 bits per heavy atom. The smallest absolute Gasteiger partial charge is 0.548 e. The zero-order valence-corrected chi connectivity index (χ0v) is 18.1. The van der Waals surface area contributed by atoms with Crippen LogP contribution in [0.3, 0.4) is 0 Å². The van der Waals surface area contributed by atoms with Gasteiger partial charge in [-0.3, -0.25) is 0 Å². The van der Waals surface area contributed by atoms with Crippen molar-refractivity contribution < 1.29 is 75.2 Å². The van der Waals surface area contributed by atoms with E-state index in [0.717, 1.165) is 16.0 Å². The number of hydrogen-bond donors (Lipinski definition) is 1. The van der Waals surface area contributed by atoms with Crippen LogP contribution in [0, 0.1) is 5.82 Å². The molecule has 0 radical (unpaired) electrons. The van der Waals surface area contributed by atoms with Crippen LogP contribution in [-0.2, 0) is 22.7 Å². The Balaban J connectivity index is 0.00000261. The molecule has 1 heterocycles. The van der Waals surface area contributed by atoms with E-state index in [2.05, 4.69) is 5.32 Å². The summed E-state index contributed by atoms with van der Waals surface area (Å²) in [6, 6.07) is 12.7. The van der Waals surface area contributed by atoms with Crippen LogP contribution in [0.5, 0.6) is 0 Å². The number of fused-ring (bicyclic) bond motifs is 1. The maximum absolute atomic E-state index is 13.0. The molecule has 2 aromatic rings. The van der Waals surface area contributed by atoms with Crippen molar-refractivity contribution in [3.8, 4) is 0 Å². The molecule has 27 heavy (non-hydrogen) atoms. The molecule has 0 saturated carbocycles. The van der Waals surface area contributed by atoms with E-state index < -0.39 is 24.4 Å². The molecule has 0 bridgehead atoms. The van der Waals surface area contributed by atoms with Gasteiger partial charge in [0.15, 0.2) is 0 Å². The number of ether oxygens (including phenoxy) is 1. The summed E-state index contributed by atoms with van der Waals surface area (Å²) in [7, 11) is 0. The van der Waals surface area contributed by atoms with Crippen molar-refractivity contribution in [2.24, 2.45) is 0 Å². The second kappa shape index (κ2) is 10.3. The Hall–Kier alpha value is -1.29. The molecular formula is C19H18FKN2O4. The minimum Gasteiger partial charge on any atom is -0.548 e. The number of carbonyl (C=O) groups excluding carboxylic acids is 2. The fourth-order valence-corrected chi connectivity index (χ4v) is 2.89. The molecule has 1 aliphatic rings. The van der Waals surface area contributed by atoms with Gasteiger partial charge in [0, 0.05) is 13.1 Å². The largest absolute Gasteiger partial charge is 1.00 e. The summed E-state index contributed by atoms with van der Waals surface area (Å²) < 4.78 is 18.7. The molecule has 1 atom stereocenters. The molecule has 136 valence electrons. The molecule has 6 nitrogen and oxygen atoms in total. The number of rotatable bonds is 6. The van der Waals surface area contributed by atoms with Crippen LogP contribution in [0.2, 0.25) is 0 Å². The molecule has 1 unspecified atom stereocenters. The summed E-state index contributed by atoms with van der Waals surface area (Å²) in [5, 5.41) is 13.7. The van der Waals surface area contributed by atoms with Crippen LogP contribution < -0.4 is 61.8 Å². The number of urea groups is 1. The van der Waals surface area contributed by atoms with E-state index in [4.69, 9.17) is 4.74 Å². The first kappa shape index (κ1) is 22.0. The van der Waals surface area contributed by atoms with Gasteiger partial charge in [-0.05, 0) is 28.8 Å². The number of nitrogens with one attached hydrogen (secondary N) is 1. The summed E-state index contributed by atoms with van der Waals surface area (Å²) in [5.74, 6) is -1.77. The fourth-order valence-electron chi connectivity index (χ4n) is 2.89. The van der Waals surface area contributed by atoms with Crippen LogP contribution >= 0.6 is 0 Å². The SMILES string of the molecule is O=C([O-])CN(Cc1ccc(F)cc1)C(=O)NCC1OCc2ccccc21.[K+]. The zero-order valence-electron chi connectivity index (χ0n) is 15.0. The van der Waals surface area contributed by atoms with E-state index in [0.29, 0.717) is 12.2 Å². The van der Waals surface area contributed by atoms with Crippen LogP contribution in [0.25, 0.3) is 0 Å². The third kappa shape index (κ3) is 6.10. The standard InChI is InChI=1S/C19H19FN2O4.K/c20-15-7-5-13(6-8-15)10-22(11-18(23)24)19(25)21-9-17-16-4-2-1-3-14(16)12-26-17;/h1-8,17H,9-12H2,(H,21,25)(H,23,24);/q;+1/p-1. The molecule has 8 heteroatoms.